The van der Waals surface area contributed by atoms with Gasteiger partial charge in [-0.25, -0.2) is 4.98 Å². The third-order valence-electron chi connectivity index (χ3n) is 3.49. The number of methoxy groups -OCH3 is 1. The molecule has 3 aromatic rings. The average molecular weight is 527 g/mol. The standard InChI is InChI=1S/C18H13Br2N3O2S2/c1-25-15-6-5-10(8-13(15)20)14-9-27-18(21-14)23-17(26)22-16(24)11-3-2-4-12(19)7-11/h2-9H,1H3,(H2,21,22,23,24,26). The first-order valence-electron chi connectivity index (χ1n) is 7.63. The maximum absolute atomic E-state index is 12.2. The molecule has 0 saturated heterocycles. The number of amides is 1. The van der Waals surface area contributed by atoms with Crippen molar-refractivity contribution in [3.8, 4) is 17.0 Å². The van der Waals surface area contributed by atoms with Gasteiger partial charge in [0.05, 0.1) is 17.3 Å². The van der Waals surface area contributed by atoms with Gasteiger partial charge in [-0.05, 0) is 64.5 Å². The molecule has 0 bridgehead atoms. The van der Waals surface area contributed by atoms with Crippen molar-refractivity contribution in [3.05, 3.63) is 62.4 Å². The zero-order valence-electron chi connectivity index (χ0n) is 14.0. The highest BCUT2D eigenvalue weighted by Crippen LogP contribution is 2.32. The topological polar surface area (TPSA) is 63.2 Å². The smallest absolute Gasteiger partial charge is 0.257 e. The minimum Gasteiger partial charge on any atom is -0.496 e. The van der Waals surface area contributed by atoms with Crippen LogP contribution in [0.15, 0.2) is 56.8 Å². The highest BCUT2D eigenvalue weighted by atomic mass is 79.9. The highest BCUT2D eigenvalue weighted by Gasteiger charge is 2.11. The number of halogens is 2. The first kappa shape index (κ1) is 19.9. The van der Waals surface area contributed by atoms with Gasteiger partial charge in [0.15, 0.2) is 10.2 Å². The quantitative estimate of drug-likeness (QED) is 0.441. The summed E-state index contributed by atoms with van der Waals surface area (Å²) in [5.41, 5.74) is 2.25. The number of thiazole rings is 1. The van der Waals surface area contributed by atoms with Crippen molar-refractivity contribution in [2.75, 3.05) is 12.4 Å². The molecule has 27 heavy (non-hydrogen) atoms. The number of hydrogen-bond donors (Lipinski definition) is 2. The van der Waals surface area contributed by atoms with E-state index < -0.39 is 0 Å². The molecule has 9 heteroatoms. The van der Waals surface area contributed by atoms with Crippen LogP contribution in [0.25, 0.3) is 11.3 Å². The van der Waals surface area contributed by atoms with Crippen LogP contribution in [-0.4, -0.2) is 23.1 Å². The summed E-state index contributed by atoms with van der Waals surface area (Å²) in [7, 11) is 1.62. The molecule has 2 aromatic carbocycles. The monoisotopic (exact) mass is 525 g/mol. The molecule has 0 aliphatic carbocycles. The molecule has 1 heterocycles. The van der Waals surface area contributed by atoms with Crippen molar-refractivity contribution < 1.29 is 9.53 Å². The second-order valence-electron chi connectivity index (χ2n) is 5.31. The Morgan fingerprint density at radius 1 is 1.22 bits per heavy atom. The summed E-state index contributed by atoms with van der Waals surface area (Å²) < 4.78 is 6.91. The van der Waals surface area contributed by atoms with Gasteiger partial charge in [0.25, 0.3) is 5.91 Å². The number of aromatic nitrogens is 1. The predicted octanol–water partition coefficient (Wildman–Crippen LogP) is 5.47. The van der Waals surface area contributed by atoms with Gasteiger partial charge in [-0.2, -0.15) is 0 Å². The SMILES string of the molecule is COc1ccc(-c2csc(NC(=S)NC(=O)c3cccc(Br)c3)n2)cc1Br. The lowest BCUT2D eigenvalue weighted by Gasteiger charge is -2.07. The Kier molecular flexibility index (Phi) is 6.59. The van der Waals surface area contributed by atoms with E-state index >= 15 is 0 Å². The molecule has 3 rings (SSSR count). The van der Waals surface area contributed by atoms with Crippen molar-refractivity contribution >= 4 is 71.6 Å². The van der Waals surface area contributed by atoms with Gasteiger partial charge >= 0.3 is 0 Å². The van der Waals surface area contributed by atoms with Crippen molar-refractivity contribution in [2.24, 2.45) is 0 Å². The molecule has 138 valence electrons. The highest BCUT2D eigenvalue weighted by molar-refractivity contribution is 9.10. The van der Waals surface area contributed by atoms with Crippen LogP contribution in [0.3, 0.4) is 0 Å². The number of rotatable bonds is 4. The van der Waals surface area contributed by atoms with Gasteiger partial charge < -0.3 is 10.1 Å². The summed E-state index contributed by atoms with van der Waals surface area (Å²) in [5.74, 6) is 0.466. The summed E-state index contributed by atoms with van der Waals surface area (Å²) in [6, 6.07) is 12.8. The van der Waals surface area contributed by atoms with Gasteiger partial charge in [-0.3, -0.25) is 10.1 Å². The van der Waals surface area contributed by atoms with E-state index in [4.69, 9.17) is 17.0 Å². The molecule has 0 atom stereocenters. The van der Waals surface area contributed by atoms with Crippen molar-refractivity contribution in [3.63, 3.8) is 0 Å². The molecule has 5 nitrogen and oxygen atoms in total. The Balaban J connectivity index is 1.66. The fourth-order valence-corrected chi connectivity index (χ4v) is 4.14. The van der Waals surface area contributed by atoms with E-state index in [2.05, 4.69) is 47.5 Å². The third kappa shape index (κ3) is 5.13. The van der Waals surface area contributed by atoms with Crippen LogP contribution in [0.4, 0.5) is 5.13 Å². The van der Waals surface area contributed by atoms with Crippen LogP contribution in [0.5, 0.6) is 5.75 Å². The number of carbonyl (C=O) groups excluding carboxylic acids is 1. The number of carbonyl (C=O) groups is 1. The van der Waals surface area contributed by atoms with Crippen molar-refractivity contribution in [2.45, 2.75) is 0 Å². The minimum atomic E-state index is -0.287. The molecule has 0 aliphatic rings. The van der Waals surface area contributed by atoms with E-state index in [1.807, 2.05) is 29.6 Å². The largest absolute Gasteiger partial charge is 0.496 e. The number of ether oxygens (including phenoxy) is 1. The van der Waals surface area contributed by atoms with Gasteiger partial charge in [0, 0.05) is 21.0 Å². The van der Waals surface area contributed by atoms with E-state index in [1.165, 1.54) is 11.3 Å². The van der Waals surface area contributed by atoms with Crippen molar-refractivity contribution in [1.29, 1.82) is 0 Å². The Bertz CT molecular complexity index is 1010. The molecule has 2 N–H and O–H groups in total. The molecule has 0 aliphatic heterocycles. The summed E-state index contributed by atoms with van der Waals surface area (Å²) in [4.78, 5) is 16.7. The van der Waals surface area contributed by atoms with E-state index in [0.29, 0.717) is 10.7 Å². The number of thiocarbonyl (C=S) groups is 1. The van der Waals surface area contributed by atoms with Crippen LogP contribution >= 0.6 is 55.4 Å². The minimum absolute atomic E-state index is 0.191. The number of nitrogens with one attached hydrogen (secondary N) is 2. The third-order valence-corrected chi connectivity index (χ3v) is 5.56. The van der Waals surface area contributed by atoms with Gasteiger partial charge in [0.2, 0.25) is 0 Å². The van der Waals surface area contributed by atoms with E-state index in [1.54, 1.807) is 25.3 Å². The zero-order valence-corrected chi connectivity index (χ0v) is 18.8. The lowest BCUT2D eigenvalue weighted by Crippen LogP contribution is -2.34. The fraction of sp³-hybridized carbons (Fsp3) is 0.0556. The summed E-state index contributed by atoms with van der Waals surface area (Å²) in [6.07, 6.45) is 0. The van der Waals surface area contributed by atoms with E-state index in [-0.39, 0.29) is 11.0 Å². The first-order valence-corrected chi connectivity index (χ1v) is 10.5. The molecule has 0 saturated carbocycles. The van der Waals surface area contributed by atoms with Gasteiger partial charge in [0.1, 0.15) is 5.75 Å². The summed E-state index contributed by atoms with van der Waals surface area (Å²) in [5, 5.41) is 8.29. The average Bonchev–Trinajstić information content (AvgIpc) is 3.09. The molecule has 1 aromatic heterocycles. The van der Waals surface area contributed by atoms with Crippen molar-refractivity contribution in [1.82, 2.24) is 10.3 Å². The first-order chi connectivity index (χ1) is 13.0. The van der Waals surface area contributed by atoms with Crippen LogP contribution in [0.1, 0.15) is 10.4 Å². The maximum atomic E-state index is 12.2. The van der Waals surface area contributed by atoms with Gasteiger partial charge in [-0.15, -0.1) is 11.3 Å². The number of anilines is 1. The Morgan fingerprint density at radius 2 is 2.04 bits per heavy atom. The van der Waals surface area contributed by atoms with Crippen LogP contribution < -0.4 is 15.4 Å². The summed E-state index contributed by atoms with van der Waals surface area (Å²) in [6.45, 7) is 0. The zero-order chi connectivity index (χ0) is 19.4. The van der Waals surface area contributed by atoms with Crippen LogP contribution in [-0.2, 0) is 0 Å². The fourth-order valence-electron chi connectivity index (χ4n) is 2.22. The molecule has 1 amide bonds. The van der Waals surface area contributed by atoms with E-state index in [0.717, 1.165) is 26.0 Å². The molecule has 0 fully saturated rings. The Hall–Kier alpha value is -1.81. The molecular formula is C18H13Br2N3O2S2. The lowest BCUT2D eigenvalue weighted by atomic mass is 10.2. The molecule has 0 spiro atoms. The second-order valence-corrected chi connectivity index (χ2v) is 8.34. The summed E-state index contributed by atoms with van der Waals surface area (Å²) >= 11 is 13.4. The molecule has 0 unspecified atom stereocenters. The number of hydrogen-bond acceptors (Lipinski definition) is 5. The Morgan fingerprint density at radius 3 is 2.74 bits per heavy atom. The normalized spacial score (nSPS) is 10.3. The molecule has 0 radical (unpaired) electrons. The lowest BCUT2D eigenvalue weighted by molar-refractivity contribution is 0.0977. The second kappa shape index (κ2) is 8.92. The molecular weight excluding hydrogens is 514 g/mol. The predicted molar refractivity (Wildman–Crippen MR) is 120 cm³/mol. The Labute approximate surface area is 182 Å². The van der Waals surface area contributed by atoms with E-state index in [9.17, 15) is 4.79 Å². The van der Waals surface area contributed by atoms with Gasteiger partial charge in [-0.1, -0.05) is 22.0 Å². The number of benzene rings is 2. The van der Waals surface area contributed by atoms with Crippen LogP contribution in [0.2, 0.25) is 0 Å². The maximum Gasteiger partial charge on any atom is 0.257 e. The number of nitrogens with zero attached hydrogens (tertiary/aromatic N) is 1. The van der Waals surface area contributed by atoms with Crippen LogP contribution in [0, 0.1) is 0 Å².